The highest BCUT2D eigenvalue weighted by atomic mass is 35.5. The van der Waals surface area contributed by atoms with Crippen LogP contribution in [0, 0.1) is 11.8 Å². The summed E-state index contributed by atoms with van der Waals surface area (Å²) in [7, 11) is -3.65. The van der Waals surface area contributed by atoms with E-state index in [9.17, 15) is 22.8 Å². The Hall–Kier alpha value is -1.39. The summed E-state index contributed by atoms with van der Waals surface area (Å²) >= 11 is 0. The molecule has 172 valence electrons. The van der Waals surface area contributed by atoms with E-state index in [1.165, 1.54) is 0 Å². The highest BCUT2D eigenvalue weighted by Crippen LogP contribution is 2.40. The molecular weight excluding hydrogens is 432 g/mol. The first kappa shape index (κ1) is 24.9. The molecular formula is C19H33ClN4O5S. The number of hydrogen-bond donors (Lipinski definition) is 1. The number of nitrogens with zero attached hydrogens (tertiary/aromatic N) is 3. The van der Waals surface area contributed by atoms with Crippen molar-refractivity contribution in [3.8, 4) is 0 Å². The zero-order valence-corrected chi connectivity index (χ0v) is 19.3. The number of carbonyl (C=O) groups excluding carboxylic acids is 3. The zero-order chi connectivity index (χ0) is 21.3. The molecule has 2 N–H and O–H groups in total. The molecule has 0 spiro atoms. The van der Waals surface area contributed by atoms with E-state index in [4.69, 9.17) is 5.73 Å². The molecule has 3 rings (SSSR count). The van der Waals surface area contributed by atoms with Gasteiger partial charge in [-0.3, -0.25) is 14.4 Å². The Labute approximate surface area is 184 Å². The molecule has 9 nitrogen and oxygen atoms in total. The van der Waals surface area contributed by atoms with Gasteiger partial charge in [0.25, 0.3) is 0 Å². The number of piperidine rings is 1. The van der Waals surface area contributed by atoms with Crippen molar-refractivity contribution in [3.05, 3.63) is 0 Å². The molecule has 3 unspecified atom stereocenters. The van der Waals surface area contributed by atoms with E-state index in [1.54, 1.807) is 4.90 Å². The minimum atomic E-state index is -3.65. The van der Waals surface area contributed by atoms with Crippen LogP contribution < -0.4 is 5.73 Å². The highest BCUT2D eigenvalue weighted by molar-refractivity contribution is 7.88. The topological polar surface area (TPSA) is 121 Å². The summed E-state index contributed by atoms with van der Waals surface area (Å²) in [6, 6.07) is -0.797. The third kappa shape index (κ3) is 4.91. The van der Waals surface area contributed by atoms with Gasteiger partial charge < -0.3 is 15.5 Å². The van der Waals surface area contributed by atoms with Crippen LogP contribution in [-0.2, 0) is 24.4 Å². The Morgan fingerprint density at radius 1 is 1.13 bits per heavy atom. The van der Waals surface area contributed by atoms with Crippen LogP contribution in [-0.4, -0.2) is 84.8 Å². The fourth-order valence-electron chi connectivity index (χ4n) is 5.16. The van der Waals surface area contributed by atoms with Gasteiger partial charge >= 0.3 is 0 Å². The smallest absolute Gasteiger partial charge is 0.241 e. The standard InChI is InChI=1S/C19H32N4O5S.ClH/c1-3-4-14-17-15(23(19(14)26)29(2,27)28)7-12-22(17)16(24)8-11-21-9-5-13(6-10-21)18(20)25;/h13-15,17H,3-12H2,1-2H3,(H2,20,25);1H. The molecule has 3 aliphatic rings. The summed E-state index contributed by atoms with van der Waals surface area (Å²) in [6.07, 6.45) is 4.67. The molecule has 0 bridgehead atoms. The zero-order valence-electron chi connectivity index (χ0n) is 17.7. The molecule has 0 aromatic rings. The number of amides is 3. The lowest BCUT2D eigenvalue weighted by Gasteiger charge is -2.32. The summed E-state index contributed by atoms with van der Waals surface area (Å²) in [6.45, 7) is 4.53. The van der Waals surface area contributed by atoms with Crippen LogP contribution >= 0.6 is 12.4 Å². The fraction of sp³-hybridized carbons (Fsp3) is 0.842. The molecule has 0 aromatic heterocycles. The number of carbonyl (C=O) groups is 3. The number of fused-ring (bicyclic) bond motifs is 1. The predicted octanol–water partition coefficient (Wildman–Crippen LogP) is 0.183. The monoisotopic (exact) mass is 464 g/mol. The van der Waals surface area contributed by atoms with E-state index in [1.807, 2.05) is 6.92 Å². The van der Waals surface area contributed by atoms with Crippen molar-refractivity contribution >= 4 is 40.2 Å². The first-order valence-corrected chi connectivity index (χ1v) is 12.3. The Bertz CT molecular complexity index is 769. The van der Waals surface area contributed by atoms with E-state index in [-0.39, 0.29) is 42.1 Å². The van der Waals surface area contributed by atoms with Crippen LogP contribution in [0.4, 0.5) is 0 Å². The Kier molecular flexibility index (Phi) is 8.15. The lowest BCUT2D eigenvalue weighted by molar-refractivity contribution is -0.134. The van der Waals surface area contributed by atoms with Crippen LogP contribution in [0.3, 0.4) is 0 Å². The average molecular weight is 465 g/mol. The van der Waals surface area contributed by atoms with Crippen molar-refractivity contribution in [3.63, 3.8) is 0 Å². The molecule has 3 amide bonds. The van der Waals surface area contributed by atoms with Crippen molar-refractivity contribution in [1.82, 2.24) is 14.1 Å². The van der Waals surface area contributed by atoms with E-state index in [0.717, 1.165) is 30.1 Å². The van der Waals surface area contributed by atoms with Gasteiger partial charge in [-0.1, -0.05) is 13.3 Å². The second-order valence-corrected chi connectivity index (χ2v) is 10.4. The predicted molar refractivity (Wildman–Crippen MR) is 114 cm³/mol. The largest absolute Gasteiger partial charge is 0.369 e. The molecule has 11 heteroatoms. The molecule has 3 saturated heterocycles. The van der Waals surface area contributed by atoms with Crippen LogP contribution in [0.25, 0.3) is 0 Å². The SMILES string of the molecule is CCCC1C(=O)N(S(C)(=O)=O)C2CCN(C(=O)CCN3CCC(C(N)=O)CC3)C12.Cl. The van der Waals surface area contributed by atoms with Crippen molar-refractivity contribution < 1.29 is 22.8 Å². The normalized spacial score (nSPS) is 27.8. The first-order chi connectivity index (χ1) is 13.6. The summed E-state index contributed by atoms with van der Waals surface area (Å²) in [4.78, 5) is 40.9. The summed E-state index contributed by atoms with van der Waals surface area (Å²) in [5.41, 5.74) is 5.37. The molecule has 0 aromatic carbocycles. The van der Waals surface area contributed by atoms with Gasteiger partial charge in [0.05, 0.1) is 24.3 Å². The quantitative estimate of drug-likeness (QED) is 0.573. The van der Waals surface area contributed by atoms with Gasteiger partial charge in [-0.2, -0.15) is 0 Å². The molecule has 0 saturated carbocycles. The molecule has 0 radical (unpaired) electrons. The highest BCUT2D eigenvalue weighted by Gasteiger charge is 2.56. The molecule has 3 atom stereocenters. The maximum atomic E-state index is 13.0. The van der Waals surface area contributed by atoms with Gasteiger partial charge in [0, 0.05) is 25.4 Å². The Morgan fingerprint density at radius 3 is 2.30 bits per heavy atom. The maximum Gasteiger partial charge on any atom is 0.241 e. The number of halogens is 1. The molecule has 3 fully saturated rings. The number of primary amides is 1. The van der Waals surface area contributed by atoms with Crippen molar-refractivity contribution in [1.29, 1.82) is 0 Å². The van der Waals surface area contributed by atoms with Gasteiger partial charge in [-0.15, -0.1) is 12.4 Å². The average Bonchev–Trinajstić information content (AvgIpc) is 3.18. The minimum Gasteiger partial charge on any atom is -0.369 e. The first-order valence-electron chi connectivity index (χ1n) is 10.5. The lowest BCUT2D eigenvalue weighted by atomic mass is 9.94. The maximum absolute atomic E-state index is 13.0. The summed E-state index contributed by atoms with van der Waals surface area (Å²) in [5.74, 6) is -1.18. The number of sulfonamides is 1. The van der Waals surface area contributed by atoms with Gasteiger partial charge in [-0.05, 0) is 38.8 Å². The molecule has 0 aliphatic carbocycles. The van der Waals surface area contributed by atoms with E-state index >= 15 is 0 Å². The van der Waals surface area contributed by atoms with Crippen LogP contribution in [0.15, 0.2) is 0 Å². The minimum absolute atomic E-state index is 0. The van der Waals surface area contributed by atoms with Crippen LogP contribution in [0.2, 0.25) is 0 Å². The van der Waals surface area contributed by atoms with Gasteiger partial charge in [0.2, 0.25) is 27.7 Å². The van der Waals surface area contributed by atoms with Crippen molar-refractivity contribution in [2.75, 3.05) is 32.4 Å². The van der Waals surface area contributed by atoms with Crippen LogP contribution in [0.5, 0.6) is 0 Å². The van der Waals surface area contributed by atoms with Gasteiger partial charge in [0.1, 0.15) is 0 Å². The molecule has 3 aliphatic heterocycles. The molecule has 30 heavy (non-hydrogen) atoms. The number of likely N-dealkylation sites (tertiary alicyclic amines) is 2. The third-order valence-electron chi connectivity index (χ3n) is 6.58. The van der Waals surface area contributed by atoms with Crippen LogP contribution in [0.1, 0.15) is 45.4 Å². The summed E-state index contributed by atoms with van der Waals surface area (Å²) in [5, 5.41) is 0. The summed E-state index contributed by atoms with van der Waals surface area (Å²) < 4.78 is 25.4. The number of hydrogen-bond acceptors (Lipinski definition) is 6. The second kappa shape index (κ2) is 9.82. The lowest BCUT2D eigenvalue weighted by Crippen LogP contribution is -2.45. The van der Waals surface area contributed by atoms with E-state index < -0.39 is 22.0 Å². The van der Waals surface area contributed by atoms with Gasteiger partial charge in [0.15, 0.2) is 0 Å². The van der Waals surface area contributed by atoms with Gasteiger partial charge in [-0.25, -0.2) is 12.7 Å². The number of nitrogens with two attached hydrogens (primary N) is 1. The van der Waals surface area contributed by atoms with Crippen molar-refractivity contribution in [2.45, 2.75) is 57.5 Å². The van der Waals surface area contributed by atoms with E-state index in [2.05, 4.69) is 4.90 Å². The number of rotatable bonds is 7. The van der Waals surface area contributed by atoms with Crippen molar-refractivity contribution in [2.24, 2.45) is 17.6 Å². The Morgan fingerprint density at radius 2 is 1.77 bits per heavy atom. The second-order valence-electron chi connectivity index (χ2n) is 8.49. The third-order valence-corrected chi connectivity index (χ3v) is 7.74. The molecule has 3 heterocycles. The fourth-order valence-corrected chi connectivity index (χ4v) is 6.34. The Balaban J connectivity index is 0.00000320. The van der Waals surface area contributed by atoms with E-state index in [0.29, 0.717) is 45.2 Å².